The Hall–Kier alpha value is -3.50. The minimum absolute atomic E-state index is 0.0793. The Balaban J connectivity index is 2.78. The van der Waals surface area contributed by atoms with E-state index in [1.54, 1.807) is 52.0 Å². The molecule has 8 heteroatoms. The van der Waals surface area contributed by atoms with Crippen molar-refractivity contribution >= 4 is 34.8 Å². The number of hydrogen-bond donors (Lipinski definition) is 0. The zero-order valence-corrected chi connectivity index (χ0v) is 17.6. The summed E-state index contributed by atoms with van der Waals surface area (Å²) in [7, 11) is 0. The van der Waals surface area contributed by atoms with Crippen molar-refractivity contribution in [2.75, 3.05) is 0 Å². The number of allylic oxidation sites excluding steroid dienone is 1. The first kappa shape index (κ1) is 22.8. The van der Waals surface area contributed by atoms with Crippen molar-refractivity contribution in [3.05, 3.63) is 79.9 Å². The lowest BCUT2D eigenvalue weighted by Gasteiger charge is -2.18. The van der Waals surface area contributed by atoms with Crippen molar-refractivity contribution in [3.8, 4) is 6.07 Å². The number of hydrogen-bond acceptors (Lipinski definition) is 6. The summed E-state index contributed by atoms with van der Waals surface area (Å²) in [6.07, 6.45) is 0. The number of carbonyl (C=O) groups is 2. The average molecular weight is 427 g/mol. The lowest BCUT2D eigenvalue weighted by atomic mass is 9.85. The summed E-state index contributed by atoms with van der Waals surface area (Å²) in [6.45, 7) is 6.45. The molecule has 30 heavy (non-hydrogen) atoms. The van der Waals surface area contributed by atoms with E-state index in [0.717, 1.165) is 6.07 Å². The molecule has 7 nitrogen and oxygen atoms in total. The highest BCUT2D eigenvalue weighted by molar-refractivity contribution is 6.30. The number of halogens is 1. The topological polar surface area (TPSA) is 110 Å². The SMILES string of the molecule is Cc1ccccc1C(=O)OC(=C(C#N)C(=O)C(C)(C)C)c1ccc(Cl)cc1[N+](=O)[O-]. The Morgan fingerprint density at radius 2 is 1.77 bits per heavy atom. The number of carbonyl (C=O) groups excluding carboxylic acids is 2. The van der Waals surface area contributed by atoms with Gasteiger partial charge in [0.1, 0.15) is 11.6 Å². The molecule has 0 aliphatic heterocycles. The van der Waals surface area contributed by atoms with Crippen LogP contribution in [0.15, 0.2) is 48.0 Å². The van der Waals surface area contributed by atoms with Gasteiger partial charge in [-0.25, -0.2) is 4.79 Å². The monoisotopic (exact) mass is 426 g/mol. The maximum absolute atomic E-state index is 12.9. The zero-order valence-electron chi connectivity index (χ0n) is 16.9. The van der Waals surface area contributed by atoms with E-state index in [1.807, 2.05) is 0 Å². The molecule has 154 valence electrons. The number of Topliss-reactive ketones (excluding diaryl/α,β-unsaturated/α-hetero) is 1. The van der Waals surface area contributed by atoms with E-state index in [0.29, 0.717) is 5.56 Å². The quantitative estimate of drug-likeness (QED) is 0.161. The van der Waals surface area contributed by atoms with Gasteiger partial charge < -0.3 is 4.74 Å². The third kappa shape index (κ3) is 4.91. The molecule has 0 radical (unpaired) electrons. The van der Waals surface area contributed by atoms with E-state index < -0.39 is 39.1 Å². The predicted octanol–water partition coefficient (Wildman–Crippen LogP) is 5.26. The molecule has 0 aromatic heterocycles. The van der Waals surface area contributed by atoms with Gasteiger partial charge in [0.25, 0.3) is 5.69 Å². The van der Waals surface area contributed by atoms with Gasteiger partial charge in [-0.05, 0) is 30.7 Å². The van der Waals surface area contributed by atoms with Gasteiger partial charge in [0.2, 0.25) is 0 Å². The normalized spacial score (nSPS) is 11.9. The van der Waals surface area contributed by atoms with Gasteiger partial charge in [0.05, 0.1) is 16.1 Å². The van der Waals surface area contributed by atoms with Gasteiger partial charge in [0.15, 0.2) is 11.5 Å². The second-order valence-corrected chi connectivity index (χ2v) is 7.95. The highest BCUT2D eigenvalue weighted by Gasteiger charge is 2.33. The van der Waals surface area contributed by atoms with Crippen LogP contribution in [-0.4, -0.2) is 16.7 Å². The Kier molecular flexibility index (Phi) is 6.75. The molecule has 0 unspecified atom stereocenters. The fraction of sp³-hybridized carbons (Fsp3) is 0.227. The molecule has 2 aromatic carbocycles. The van der Waals surface area contributed by atoms with Crippen LogP contribution in [0.25, 0.3) is 5.76 Å². The van der Waals surface area contributed by atoms with E-state index in [1.165, 1.54) is 18.2 Å². The summed E-state index contributed by atoms with van der Waals surface area (Å²) >= 11 is 5.88. The molecular formula is C22H19ClN2O5. The number of nitrogens with zero attached hydrogens (tertiary/aromatic N) is 2. The number of ether oxygens (including phenoxy) is 1. The van der Waals surface area contributed by atoms with Gasteiger partial charge in [-0.1, -0.05) is 50.6 Å². The number of nitro groups is 1. The lowest BCUT2D eigenvalue weighted by Crippen LogP contribution is -2.23. The maximum atomic E-state index is 12.9. The largest absolute Gasteiger partial charge is 0.420 e. The van der Waals surface area contributed by atoms with Crippen LogP contribution in [-0.2, 0) is 9.53 Å². The molecule has 0 saturated carbocycles. The minimum atomic E-state index is -0.993. The van der Waals surface area contributed by atoms with Crippen molar-refractivity contribution in [1.29, 1.82) is 5.26 Å². The lowest BCUT2D eigenvalue weighted by molar-refractivity contribution is -0.385. The number of aryl methyl sites for hydroxylation is 1. The third-order valence-corrected chi connectivity index (χ3v) is 4.44. The standard InChI is InChI=1S/C22H19ClN2O5/c1-13-7-5-6-8-15(13)21(27)30-19(17(12-24)20(26)22(2,3)4)16-10-9-14(23)11-18(16)25(28)29/h5-11H,1-4H3. The van der Waals surface area contributed by atoms with Crippen molar-refractivity contribution in [2.45, 2.75) is 27.7 Å². The molecule has 0 bridgehead atoms. The highest BCUT2D eigenvalue weighted by atomic mass is 35.5. The molecule has 0 heterocycles. The Morgan fingerprint density at radius 3 is 2.30 bits per heavy atom. The van der Waals surface area contributed by atoms with Crippen molar-refractivity contribution in [1.82, 2.24) is 0 Å². The molecule has 0 saturated heterocycles. The smallest absolute Gasteiger partial charge is 0.343 e. The molecule has 0 atom stereocenters. The van der Waals surface area contributed by atoms with Gasteiger partial charge in [0, 0.05) is 16.5 Å². The van der Waals surface area contributed by atoms with Crippen LogP contribution >= 0.6 is 11.6 Å². The van der Waals surface area contributed by atoms with Crippen LogP contribution < -0.4 is 0 Å². The van der Waals surface area contributed by atoms with Crippen LogP contribution in [0, 0.1) is 33.8 Å². The van der Waals surface area contributed by atoms with Crippen LogP contribution in [0.5, 0.6) is 0 Å². The fourth-order valence-electron chi connectivity index (χ4n) is 2.62. The van der Waals surface area contributed by atoms with E-state index in [-0.39, 0.29) is 16.1 Å². The molecule has 2 rings (SSSR count). The number of rotatable bonds is 5. The predicted molar refractivity (Wildman–Crippen MR) is 112 cm³/mol. The number of esters is 1. The maximum Gasteiger partial charge on any atom is 0.343 e. The summed E-state index contributed by atoms with van der Waals surface area (Å²) in [5, 5.41) is 21.4. The van der Waals surface area contributed by atoms with Crippen LogP contribution in [0.1, 0.15) is 42.3 Å². The van der Waals surface area contributed by atoms with Crippen molar-refractivity contribution < 1.29 is 19.2 Å². The summed E-state index contributed by atoms with van der Waals surface area (Å²) in [5.74, 6) is -1.95. The Morgan fingerprint density at radius 1 is 1.13 bits per heavy atom. The van der Waals surface area contributed by atoms with Crippen LogP contribution in [0.4, 0.5) is 5.69 Å². The summed E-state index contributed by atoms with van der Waals surface area (Å²) in [5.41, 5.74) is -1.37. The third-order valence-electron chi connectivity index (χ3n) is 4.21. The number of nitriles is 1. The molecule has 0 spiro atoms. The highest BCUT2D eigenvalue weighted by Crippen LogP contribution is 2.34. The molecular weight excluding hydrogens is 408 g/mol. The Labute approximate surface area is 178 Å². The van der Waals surface area contributed by atoms with E-state index in [2.05, 4.69) is 0 Å². The summed E-state index contributed by atoms with van der Waals surface area (Å²) in [4.78, 5) is 36.6. The molecule has 0 aliphatic rings. The first-order valence-corrected chi connectivity index (χ1v) is 9.26. The molecule has 2 aromatic rings. The zero-order chi connectivity index (χ0) is 22.6. The average Bonchev–Trinajstić information content (AvgIpc) is 2.67. The number of ketones is 1. The molecule has 0 fully saturated rings. The van der Waals surface area contributed by atoms with Crippen LogP contribution in [0.2, 0.25) is 5.02 Å². The fourth-order valence-corrected chi connectivity index (χ4v) is 2.78. The van der Waals surface area contributed by atoms with Crippen LogP contribution in [0.3, 0.4) is 0 Å². The van der Waals surface area contributed by atoms with Gasteiger partial charge in [-0.2, -0.15) is 5.26 Å². The minimum Gasteiger partial charge on any atom is -0.420 e. The van der Waals surface area contributed by atoms with Gasteiger partial charge in [-0.15, -0.1) is 0 Å². The van der Waals surface area contributed by atoms with E-state index in [4.69, 9.17) is 16.3 Å². The summed E-state index contributed by atoms with van der Waals surface area (Å²) < 4.78 is 5.45. The second kappa shape index (κ2) is 8.89. The van der Waals surface area contributed by atoms with Crippen molar-refractivity contribution in [2.24, 2.45) is 5.41 Å². The van der Waals surface area contributed by atoms with E-state index >= 15 is 0 Å². The molecule has 0 amide bonds. The van der Waals surface area contributed by atoms with Gasteiger partial charge in [-0.3, -0.25) is 14.9 Å². The van der Waals surface area contributed by atoms with Gasteiger partial charge >= 0.3 is 5.97 Å². The molecule has 0 N–H and O–H groups in total. The Bertz CT molecular complexity index is 1110. The first-order chi connectivity index (χ1) is 14.0. The number of benzene rings is 2. The summed E-state index contributed by atoms with van der Waals surface area (Å²) in [6, 6.07) is 12.0. The van der Waals surface area contributed by atoms with Crippen molar-refractivity contribution in [3.63, 3.8) is 0 Å². The van der Waals surface area contributed by atoms with E-state index in [9.17, 15) is 25.0 Å². The first-order valence-electron chi connectivity index (χ1n) is 8.88. The molecule has 0 aliphatic carbocycles. The number of nitro benzene ring substituents is 1. The second-order valence-electron chi connectivity index (χ2n) is 7.52.